The van der Waals surface area contributed by atoms with E-state index in [0.29, 0.717) is 16.6 Å². The van der Waals surface area contributed by atoms with Crippen molar-refractivity contribution in [3.8, 4) is 0 Å². The first-order chi connectivity index (χ1) is 12.9. The first kappa shape index (κ1) is 20.6. The van der Waals surface area contributed by atoms with Gasteiger partial charge in [0, 0.05) is 23.6 Å². The van der Waals surface area contributed by atoms with E-state index in [0.717, 1.165) is 11.1 Å². The van der Waals surface area contributed by atoms with Crippen molar-refractivity contribution in [2.45, 2.75) is 39.5 Å². The molecule has 0 saturated heterocycles. The highest BCUT2D eigenvalue weighted by atomic mass is 35.5. The van der Waals surface area contributed by atoms with Crippen LogP contribution in [0.25, 0.3) is 0 Å². The number of anilines is 1. The molecular formula is C21H24ClN3O2. The second-order valence-corrected chi connectivity index (χ2v) is 6.98. The maximum absolute atomic E-state index is 12.0. The molecule has 0 fully saturated rings. The lowest BCUT2D eigenvalue weighted by atomic mass is 10.0. The molecule has 0 aliphatic carbocycles. The van der Waals surface area contributed by atoms with Gasteiger partial charge in [0.1, 0.15) is 0 Å². The highest BCUT2D eigenvalue weighted by molar-refractivity contribution is 6.31. The lowest BCUT2D eigenvalue weighted by Crippen LogP contribution is -2.20. The fraction of sp³-hybridized carbons (Fsp3) is 0.286. The highest BCUT2D eigenvalue weighted by Gasteiger charge is 2.09. The number of carbonyl (C=O) groups is 2. The smallest absolute Gasteiger partial charge is 0.240 e. The molecule has 0 aromatic heterocycles. The third kappa shape index (κ3) is 6.53. The van der Waals surface area contributed by atoms with E-state index in [9.17, 15) is 9.59 Å². The van der Waals surface area contributed by atoms with Gasteiger partial charge in [-0.1, -0.05) is 55.8 Å². The number of benzene rings is 2. The van der Waals surface area contributed by atoms with Gasteiger partial charge in [-0.25, -0.2) is 5.43 Å². The Morgan fingerprint density at radius 2 is 1.74 bits per heavy atom. The quantitative estimate of drug-likeness (QED) is 0.538. The van der Waals surface area contributed by atoms with Gasteiger partial charge in [-0.2, -0.15) is 5.10 Å². The number of carbonyl (C=O) groups excluding carboxylic acids is 2. The van der Waals surface area contributed by atoms with Gasteiger partial charge >= 0.3 is 0 Å². The zero-order valence-corrected chi connectivity index (χ0v) is 16.5. The van der Waals surface area contributed by atoms with Gasteiger partial charge in [-0.05, 0) is 41.7 Å². The van der Waals surface area contributed by atoms with E-state index in [1.54, 1.807) is 24.4 Å². The zero-order valence-electron chi connectivity index (χ0n) is 15.8. The van der Waals surface area contributed by atoms with E-state index in [2.05, 4.69) is 29.7 Å². The van der Waals surface area contributed by atoms with Crippen molar-refractivity contribution in [2.75, 3.05) is 5.32 Å². The SMILES string of the molecule is Cc1c(Cl)cccc1NC(=O)CCC(=O)NN=Cc1ccc(C(C)C)cc1. The largest absolute Gasteiger partial charge is 0.326 e. The van der Waals surface area contributed by atoms with Crippen molar-refractivity contribution >= 4 is 35.3 Å². The molecule has 0 atom stereocenters. The lowest BCUT2D eigenvalue weighted by molar-refractivity contribution is -0.124. The van der Waals surface area contributed by atoms with Crippen LogP contribution in [0.15, 0.2) is 47.6 Å². The lowest BCUT2D eigenvalue weighted by Gasteiger charge is -2.09. The zero-order chi connectivity index (χ0) is 19.8. The Morgan fingerprint density at radius 3 is 2.41 bits per heavy atom. The normalized spacial score (nSPS) is 11.0. The van der Waals surface area contributed by atoms with Crippen LogP contribution >= 0.6 is 11.6 Å². The van der Waals surface area contributed by atoms with E-state index < -0.39 is 0 Å². The Balaban J connectivity index is 1.77. The van der Waals surface area contributed by atoms with Crippen LogP contribution in [0.5, 0.6) is 0 Å². The molecule has 2 rings (SSSR count). The van der Waals surface area contributed by atoms with Crippen LogP contribution in [0, 0.1) is 6.92 Å². The molecule has 2 aromatic rings. The highest BCUT2D eigenvalue weighted by Crippen LogP contribution is 2.23. The number of hydrazone groups is 1. The van der Waals surface area contributed by atoms with Crippen molar-refractivity contribution in [3.05, 3.63) is 64.2 Å². The molecule has 0 unspecified atom stereocenters. The van der Waals surface area contributed by atoms with Crippen LogP contribution in [0.4, 0.5) is 5.69 Å². The summed E-state index contributed by atoms with van der Waals surface area (Å²) in [6, 6.07) is 13.3. The minimum Gasteiger partial charge on any atom is -0.326 e. The van der Waals surface area contributed by atoms with E-state index >= 15 is 0 Å². The van der Waals surface area contributed by atoms with Crippen LogP contribution in [-0.2, 0) is 9.59 Å². The fourth-order valence-corrected chi connectivity index (χ4v) is 2.56. The first-order valence-corrected chi connectivity index (χ1v) is 9.21. The van der Waals surface area contributed by atoms with Crippen molar-refractivity contribution < 1.29 is 9.59 Å². The summed E-state index contributed by atoms with van der Waals surface area (Å²) in [5.74, 6) is -0.0932. The molecule has 0 aliphatic heterocycles. The number of hydrogen-bond acceptors (Lipinski definition) is 3. The molecular weight excluding hydrogens is 362 g/mol. The molecule has 5 nitrogen and oxygen atoms in total. The Hall–Kier alpha value is -2.66. The van der Waals surface area contributed by atoms with E-state index in [4.69, 9.17) is 11.6 Å². The van der Waals surface area contributed by atoms with Gasteiger partial charge in [-0.3, -0.25) is 9.59 Å². The molecule has 0 spiro atoms. The molecule has 2 amide bonds. The summed E-state index contributed by atoms with van der Waals surface area (Å²) < 4.78 is 0. The molecule has 2 aromatic carbocycles. The fourth-order valence-electron chi connectivity index (χ4n) is 2.38. The first-order valence-electron chi connectivity index (χ1n) is 8.83. The van der Waals surface area contributed by atoms with E-state index in [1.165, 1.54) is 5.56 Å². The van der Waals surface area contributed by atoms with Crippen LogP contribution in [0.3, 0.4) is 0 Å². The summed E-state index contributed by atoms with van der Waals surface area (Å²) in [6.45, 7) is 6.09. The van der Waals surface area contributed by atoms with Crippen LogP contribution in [0.1, 0.15) is 49.3 Å². The topological polar surface area (TPSA) is 70.6 Å². The standard InChI is InChI=1S/C21H24ClN3O2/c1-14(2)17-9-7-16(8-10-17)13-23-25-21(27)12-11-20(26)24-19-6-4-5-18(22)15(19)3/h4-10,13-14H,11-12H2,1-3H3,(H,24,26)(H,25,27). The average Bonchev–Trinajstić information content (AvgIpc) is 2.64. The third-order valence-electron chi connectivity index (χ3n) is 4.13. The Morgan fingerprint density at radius 1 is 1.07 bits per heavy atom. The van der Waals surface area contributed by atoms with E-state index in [1.807, 2.05) is 31.2 Å². The Kier molecular flexibility index (Phi) is 7.55. The van der Waals surface area contributed by atoms with Crippen LogP contribution < -0.4 is 10.7 Å². The summed E-state index contributed by atoms with van der Waals surface area (Å²) >= 11 is 6.03. The Labute approximate surface area is 164 Å². The average molecular weight is 386 g/mol. The van der Waals surface area contributed by atoms with Crippen molar-refractivity contribution in [3.63, 3.8) is 0 Å². The van der Waals surface area contributed by atoms with Crippen molar-refractivity contribution in [1.82, 2.24) is 5.43 Å². The molecule has 0 bridgehead atoms. The maximum Gasteiger partial charge on any atom is 0.240 e. The molecule has 2 N–H and O–H groups in total. The number of halogens is 1. The van der Waals surface area contributed by atoms with Gasteiger partial charge in [0.15, 0.2) is 0 Å². The number of amides is 2. The maximum atomic E-state index is 12.0. The third-order valence-corrected chi connectivity index (χ3v) is 4.54. The summed E-state index contributed by atoms with van der Waals surface area (Å²) in [5.41, 5.74) is 6.03. The molecule has 0 radical (unpaired) electrons. The number of rotatable bonds is 7. The van der Waals surface area contributed by atoms with Gasteiger partial charge in [0.25, 0.3) is 0 Å². The molecule has 27 heavy (non-hydrogen) atoms. The molecule has 0 saturated carbocycles. The second-order valence-electron chi connectivity index (χ2n) is 6.58. The number of nitrogens with one attached hydrogen (secondary N) is 2. The summed E-state index contributed by atoms with van der Waals surface area (Å²) in [6.07, 6.45) is 1.70. The van der Waals surface area contributed by atoms with Gasteiger partial charge in [-0.15, -0.1) is 0 Å². The predicted octanol–water partition coefficient (Wildman–Crippen LogP) is 4.64. The van der Waals surface area contributed by atoms with Crippen LogP contribution in [-0.4, -0.2) is 18.0 Å². The number of nitrogens with zero attached hydrogens (tertiary/aromatic N) is 1. The van der Waals surface area contributed by atoms with Gasteiger partial charge in [0.2, 0.25) is 11.8 Å². The Bertz CT molecular complexity index is 830. The molecule has 142 valence electrons. The predicted molar refractivity (Wildman–Crippen MR) is 110 cm³/mol. The molecule has 6 heteroatoms. The van der Waals surface area contributed by atoms with Gasteiger partial charge < -0.3 is 5.32 Å². The molecule has 0 heterocycles. The van der Waals surface area contributed by atoms with E-state index in [-0.39, 0.29) is 24.7 Å². The second kappa shape index (κ2) is 9.88. The molecule has 0 aliphatic rings. The number of hydrogen-bond donors (Lipinski definition) is 2. The van der Waals surface area contributed by atoms with Crippen molar-refractivity contribution in [1.29, 1.82) is 0 Å². The summed E-state index contributed by atoms with van der Waals surface area (Å²) in [4.78, 5) is 23.8. The van der Waals surface area contributed by atoms with Gasteiger partial charge in [0.05, 0.1) is 6.21 Å². The minimum absolute atomic E-state index is 0.0507. The minimum atomic E-state index is -0.317. The van der Waals surface area contributed by atoms with Crippen LogP contribution in [0.2, 0.25) is 5.02 Å². The summed E-state index contributed by atoms with van der Waals surface area (Å²) in [5, 5.41) is 7.28. The monoisotopic (exact) mass is 385 g/mol. The van der Waals surface area contributed by atoms with Crippen molar-refractivity contribution in [2.24, 2.45) is 5.10 Å². The summed E-state index contributed by atoms with van der Waals surface area (Å²) in [7, 11) is 0.